The van der Waals surface area contributed by atoms with E-state index in [4.69, 9.17) is 4.42 Å². The minimum Gasteiger partial charge on any atom is -0.467 e. The summed E-state index contributed by atoms with van der Waals surface area (Å²) in [6.07, 6.45) is 4.93. The van der Waals surface area contributed by atoms with E-state index in [0.717, 1.165) is 31.6 Å². The van der Waals surface area contributed by atoms with E-state index in [-0.39, 0.29) is 5.91 Å². The predicted octanol–water partition coefficient (Wildman–Crippen LogP) is 4.94. The van der Waals surface area contributed by atoms with Crippen LogP contribution in [0.3, 0.4) is 0 Å². The van der Waals surface area contributed by atoms with Crippen LogP contribution in [-0.2, 0) is 24.2 Å². The van der Waals surface area contributed by atoms with Crippen LogP contribution >= 0.6 is 11.3 Å². The molecule has 130 valence electrons. The molecule has 0 bridgehead atoms. The number of amides is 1. The minimum atomic E-state index is 0.198. The monoisotopic (exact) mass is 353 g/mol. The second-order valence-corrected chi connectivity index (χ2v) is 7.10. The highest BCUT2D eigenvalue weighted by Crippen LogP contribution is 2.14. The van der Waals surface area contributed by atoms with Crippen molar-refractivity contribution in [2.24, 2.45) is 0 Å². The van der Waals surface area contributed by atoms with Gasteiger partial charge in [0.1, 0.15) is 5.76 Å². The fraction of sp³-hybridized carbons (Fsp3) is 0.286. The number of hydrogen-bond acceptors (Lipinski definition) is 3. The first kappa shape index (κ1) is 17.5. The molecule has 0 aliphatic heterocycles. The van der Waals surface area contributed by atoms with Gasteiger partial charge in [0, 0.05) is 17.8 Å². The van der Waals surface area contributed by atoms with Crippen LogP contribution in [0.1, 0.15) is 29.0 Å². The first-order valence-corrected chi connectivity index (χ1v) is 9.56. The second-order valence-electron chi connectivity index (χ2n) is 6.06. The van der Waals surface area contributed by atoms with E-state index in [1.54, 1.807) is 17.6 Å². The molecule has 3 rings (SSSR count). The SMILES string of the molecule is O=C(CCCc1ccccc1)N(CCc1cccs1)Cc1ccco1. The fourth-order valence-corrected chi connectivity index (χ4v) is 3.53. The van der Waals surface area contributed by atoms with Crippen LogP contribution in [0.25, 0.3) is 0 Å². The molecule has 0 fully saturated rings. The van der Waals surface area contributed by atoms with Crippen LogP contribution in [0, 0.1) is 0 Å². The maximum atomic E-state index is 12.7. The van der Waals surface area contributed by atoms with Gasteiger partial charge in [-0.05, 0) is 48.4 Å². The number of hydrogen-bond donors (Lipinski definition) is 0. The number of nitrogens with zero attached hydrogens (tertiary/aromatic N) is 1. The van der Waals surface area contributed by atoms with Gasteiger partial charge >= 0.3 is 0 Å². The van der Waals surface area contributed by atoms with E-state index in [0.29, 0.717) is 13.0 Å². The summed E-state index contributed by atoms with van der Waals surface area (Å²) in [7, 11) is 0. The molecule has 0 spiro atoms. The van der Waals surface area contributed by atoms with Crippen molar-refractivity contribution in [3.8, 4) is 0 Å². The maximum absolute atomic E-state index is 12.7. The Bertz CT molecular complexity index is 736. The minimum absolute atomic E-state index is 0.198. The number of rotatable bonds is 9. The fourth-order valence-electron chi connectivity index (χ4n) is 2.83. The molecule has 3 aromatic rings. The Morgan fingerprint density at radius 1 is 1.00 bits per heavy atom. The van der Waals surface area contributed by atoms with Crippen molar-refractivity contribution in [3.63, 3.8) is 0 Å². The number of thiophene rings is 1. The van der Waals surface area contributed by atoms with Crippen LogP contribution < -0.4 is 0 Å². The summed E-state index contributed by atoms with van der Waals surface area (Å²) in [4.78, 5) is 15.9. The first-order valence-electron chi connectivity index (χ1n) is 8.68. The lowest BCUT2D eigenvalue weighted by atomic mass is 10.1. The van der Waals surface area contributed by atoms with Crippen LogP contribution in [-0.4, -0.2) is 17.4 Å². The molecule has 0 aliphatic rings. The van der Waals surface area contributed by atoms with Crippen molar-refractivity contribution >= 4 is 17.2 Å². The zero-order valence-corrected chi connectivity index (χ0v) is 15.1. The van der Waals surface area contributed by atoms with Gasteiger partial charge in [0.25, 0.3) is 0 Å². The molecule has 0 radical (unpaired) electrons. The third-order valence-corrected chi connectivity index (χ3v) is 5.12. The quantitative estimate of drug-likeness (QED) is 0.546. The summed E-state index contributed by atoms with van der Waals surface area (Å²) >= 11 is 1.74. The van der Waals surface area contributed by atoms with Crippen LogP contribution in [0.15, 0.2) is 70.7 Å². The van der Waals surface area contributed by atoms with Crippen LogP contribution in [0.5, 0.6) is 0 Å². The number of aryl methyl sites for hydroxylation is 1. The molecule has 0 saturated carbocycles. The van der Waals surface area contributed by atoms with Crippen molar-refractivity contribution in [3.05, 3.63) is 82.4 Å². The second kappa shape index (κ2) is 9.23. The molecule has 25 heavy (non-hydrogen) atoms. The molecule has 0 aliphatic carbocycles. The number of carbonyl (C=O) groups excluding carboxylic acids is 1. The van der Waals surface area contributed by atoms with Gasteiger partial charge < -0.3 is 9.32 Å². The number of carbonyl (C=O) groups is 1. The lowest BCUT2D eigenvalue weighted by Gasteiger charge is -2.21. The van der Waals surface area contributed by atoms with Crippen molar-refractivity contribution < 1.29 is 9.21 Å². The Morgan fingerprint density at radius 3 is 2.60 bits per heavy atom. The Kier molecular flexibility index (Phi) is 6.46. The topological polar surface area (TPSA) is 33.5 Å². The van der Waals surface area contributed by atoms with Crippen LogP contribution in [0.2, 0.25) is 0 Å². The van der Waals surface area contributed by atoms with Gasteiger partial charge in [-0.2, -0.15) is 0 Å². The van der Waals surface area contributed by atoms with E-state index in [9.17, 15) is 4.79 Å². The molecular formula is C21H23NO2S. The molecule has 0 saturated heterocycles. The van der Waals surface area contributed by atoms with Gasteiger partial charge in [-0.3, -0.25) is 4.79 Å². The van der Waals surface area contributed by atoms with Crippen molar-refractivity contribution in [1.82, 2.24) is 4.90 Å². The third-order valence-electron chi connectivity index (χ3n) is 4.19. The highest BCUT2D eigenvalue weighted by Gasteiger charge is 2.15. The van der Waals surface area contributed by atoms with E-state index in [1.807, 2.05) is 35.2 Å². The molecule has 2 aromatic heterocycles. The van der Waals surface area contributed by atoms with Gasteiger partial charge in [-0.1, -0.05) is 36.4 Å². The van der Waals surface area contributed by atoms with Gasteiger partial charge in [-0.25, -0.2) is 0 Å². The zero-order chi connectivity index (χ0) is 17.3. The van der Waals surface area contributed by atoms with Crippen molar-refractivity contribution in [2.45, 2.75) is 32.2 Å². The highest BCUT2D eigenvalue weighted by molar-refractivity contribution is 7.09. The summed E-state index contributed by atoms with van der Waals surface area (Å²) in [5, 5.41) is 2.08. The Labute approximate surface area is 152 Å². The molecule has 0 unspecified atom stereocenters. The molecule has 0 N–H and O–H groups in total. The number of benzene rings is 1. The molecular weight excluding hydrogens is 330 g/mol. The molecule has 1 amide bonds. The van der Waals surface area contributed by atoms with Crippen molar-refractivity contribution in [1.29, 1.82) is 0 Å². The summed E-state index contributed by atoms with van der Waals surface area (Å²) in [6, 6.07) is 18.3. The molecule has 3 nitrogen and oxygen atoms in total. The maximum Gasteiger partial charge on any atom is 0.222 e. The summed E-state index contributed by atoms with van der Waals surface area (Å²) in [5.74, 6) is 1.03. The normalized spacial score (nSPS) is 10.7. The van der Waals surface area contributed by atoms with Crippen LogP contribution in [0.4, 0.5) is 0 Å². The van der Waals surface area contributed by atoms with Gasteiger partial charge in [0.05, 0.1) is 12.8 Å². The highest BCUT2D eigenvalue weighted by atomic mass is 32.1. The van der Waals surface area contributed by atoms with E-state index in [2.05, 4.69) is 29.6 Å². The Balaban J connectivity index is 1.54. The average Bonchev–Trinajstić information content (AvgIpc) is 3.33. The average molecular weight is 353 g/mol. The lowest BCUT2D eigenvalue weighted by Crippen LogP contribution is -2.32. The largest absolute Gasteiger partial charge is 0.467 e. The van der Waals surface area contributed by atoms with E-state index >= 15 is 0 Å². The van der Waals surface area contributed by atoms with Crippen molar-refractivity contribution in [2.75, 3.05) is 6.54 Å². The summed E-state index contributed by atoms with van der Waals surface area (Å²) in [5.41, 5.74) is 1.28. The molecule has 4 heteroatoms. The van der Waals surface area contributed by atoms with Gasteiger partial charge in [0.15, 0.2) is 0 Å². The molecule has 0 atom stereocenters. The van der Waals surface area contributed by atoms with Gasteiger partial charge in [0.2, 0.25) is 5.91 Å². The third kappa shape index (κ3) is 5.61. The molecule has 2 heterocycles. The molecule has 1 aromatic carbocycles. The Hall–Kier alpha value is -2.33. The lowest BCUT2D eigenvalue weighted by molar-refractivity contribution is -0.132. The summed E-state index contributed by atoms with van der Waals surface area (Å²) < 4.78 is 5.43. The van der Waals surface area contributed by atoms with E-state index < -0.39 is 0 Å². The zero-order valence-electron chi connectivity index (χ0n) is 14.3. The Morgan fingerprint density at radius 2 is 1.88 bits per heavy atom. The first-order chi connectivity index (χ1) is 12.3. The smallest absolute Gasteiger partial charge is 0.222 e. The number of furan rings is 1. The van der Waals surface area contributed by atoms with E-state index in [1.165, 1.54) is 10.4 Å². The van der Waals surface area contributed by atoms with Gasteiger partial charge in [-0.15, -0.1) is 11.3 Å². The standard InChI is InChI=1S/C21H23NO2S/c23-21(12-4-9-18-7-2-1-3-8-18)22(17-19-10-5-15-24-19)14-13-20-11-6-16-25-20/h1-3,5-8,10-11,15-16H,4,9,12-14,17H2. The predicted molar refractivity (Wildman–Crippen MR) is 102 cm³/mol. The summed E-state index contributed by atoms with van der Waals surface area (Å²) in [6.45, 7) is 1.27.